The lowest BCUT2D eigenvalue weighted by Crippen LogP contribution is -2.50. The van der Waals surface area contributed by atoms with Gasteiger partial charge in [-0.15, -0.1) is 0 Å². The van der Waals surface area contributed by atoms with Crippen LogP contribution in [-0.2, 0) is 10.9 Å². The zero-order valence-electron chi connectivity index (χ0n) is 21.0. The molecule has 2 fully saturated rings. The van der Waals surface area contributed by atoms with Crippen LogP contribution in [0, 0.1) is 11.8 Å². The van der Waals surface area contributed by atoms with Crippen molar-refractivity contribution in [2.75, 3.05) is 26.2 Å². The Labute approximate surface area is 215 Å². The highest BCUT2D eigenvalue weighted by Crippen LogP contribution is 2.52. The number of hydrogen-bond acceptors (Lipinski definition) is 4. The Morgan fingerprint density at radius 2 is 2.00 bits per heavy atom. The summed E-state index contributed by atoms with van der Waals surface area (Å²) in [6, 6.07) is 13.7. The van der Waals surface area contributed by atoms with Gasteiger partial charge in [-0.2, -0.15) is 13.2 Å². The Bertz CT molecular complexity index is 1190. The third kappa shape index (κ3) is 6.22. The van der Waals surface area contributed by atoms with Crippen molar-refractivity contribution in [2.45, 2.75) is 63.0 Å². The number of azide groups is 1. The van der Waals surface area contributed by atoms with Crippen LogP contribution in [0.2, 0.25) is 0 Å². The molecule has 2 aromatic rings. The Morgan fingerprint density at radius 1 is 1.22 bits per heavy atom. The van der Waals surface area contributed by atoms with E-state index >= 15 is 0 Å². The fraction of sp³-hybridized carbons (Fsp3) is 0.500. The highest BCUT2D eigenvalue weighted by molar-refractivity contribution is 5.42. The van der Waals surface area contributed by atoms with E-state index in [-0.39, 0.29) is 24.6 Å². The molecular formula is C28H31F3N4O2. The Kier molecular flexibility index (Phi) is 8.33. The third-order valence-corrected chi connectivity index (χ3v) is 6.95. The minimum absolute atomic E-state index is 0.109. The average molecular weight is 513 g/mol. The zero-order chi connectivity index (χ0) is 26.5. The van der Waals surface area contributed by atoms with E-state index in [2.05, 4.69) is 38.9 Å². The molecule has 196 valence electrons. The Morgan fingerprint density at radius 3 is 2.70 bits per heavy atom. The van der Waals surface area contributed by atoms with E-state index in [0.717, 1.165) is 31.0 Å². The van der Waals surface area contributed by atoms with Crippen molar-refractivity contribution in [2.24, 2.45) is 5.11 Å². The van der Waals surface area contributed by atoms with Crippen molar-refractivity contribution in [3.63, 3.8) is 0 Å². The number of alkyl halides is 3. The zero-order valence-corrected chi connectivity index (χ0v) is 21.0. The van der Waals surface area contributed by atoms with E-state index in [1.807, 2.05) is 32.0 Å². The van der Waals surface area contributed by atoms with Crippen LogP contribution in [0.25, 0.3) is 10.4 Å². The molecule has 0 aromatic heterocycles. The van der Waals surface area contributed by atoms with Gasteiger partial charge in [-0.25, -0.2) is 0 Å². The molecule has 2 aliphatic heterocycles. The van der Waals surface area contributed by atoms with Gasteiger partial charge in [-0.05, 0) is 68.9 Å². The molecule has 0 amide bonds. The van der Waals surface area contributed by atoms with Gasteiger partial charge in [-0.3, -0.25) is 4.90 Å². The molecule has 0 saturated carbocycles. The summed E-state index contributed by atoms with van der Waals surface area (Å²) in [5, 5.41) is 3.47. The molecule has 2 aliphatic rings. The van der Waals surface area contributed by atoms with Gasteiger partial charge in [0.05, 0.1) is 43.0 Å². The van der Waals surface area contributed by atoms with Crippen LogP contribution in [0.4, 0.5) is 13.2 Å². The molecule has 4 rings (SSSR count). The molecule has 0 unspecified atom stereocenters. The molecular weight excluding hydrogens is 481 g/mol. The van der Waals surface area contributed by atoms with Crippen molar-refractivity contribution in [3.8, 4) is 17.6 Å². The maximum absolute atomic E-state index is 13.6. The minimum Gasteiger partial charge on any atom is -0.491 e. The first kappa shape index (κ1) is 26.9. The highest BCUT2D eigenvalue weighted by Gasteiger charge is 2.51. The first-order chi connectivity index (χ1) is 17.7. The summed E-state index contributed by atoms with van der Waals surface area (Å²) in [7, 11) is 0. The number of halogens is 3. The summed E-state index contributed by atoms with van der Waals surface area (Å²) in [6.07, 6.45) is -2.36. The fourth-order valence-electron chi connectivity index (χ4n) is 5.55. The molecule has 1 spiro atoms. The topological polar surface area (TPSA) is 70.5 Å². The molecule has 6 nitrogen and oxygen atoms in total. The van der Waals surface area contributed by atoms with Gasteiger partial charge in [0.25, 0.3) is 0 Å². The van der Waals surface area contributed by atoms with Crippen molar-refractivity contribution < 1.29 is 22.6 Å². The quantitative estimate of drug-likeness (QED) is 0.183. The molecule has 0 N–H and O–H groups in total. The predicted octanol–water partition coefficient (Wildman–Crippen LogP) is 6.89. The predicted molar refractivity (Wildman–Crippen MR) is 135 cm³/mol. The van der Waals surface area contributed by atoms with Crippen molar-refractivity contribution in [1.82, 2.24) is 4.90 Å². The number of likely N-dealkylation sites (tertiary alicyclic amines) is 1. The molecule has 37 heavy (non-hydrogen) atoms. The molecule has 2 aromatic carbocycles. The third-order valence-electron chi connectivity index (χ3n) is 6.95. The standard InChI is InChI=1S/C28H31F3N4O2/c1-20(2)37-25-12-11-23(28(29,30)31)17-24(25)22-18-27(36-19-22)13-8-16-35(15-7-6-14-33-34-32)26(27)21-9-4-3-5-10-21/h3-5,9-12,17,20,22,26H,8,13-16,18-19H2,1-2H3/t22-,26+,27-/m1/s1. The Balaban J connectivity index is 1.68. The molecule has 0 radical (unpaired) electrons. The number of piperidine rings is 1. The molecule has 3 atom stereocenters. The van der Waals surface area contributed by atoms with Gasteiger partial charge in [-0.1, -0.05) is 47.3 Å². The monoisotopic (exact) mass is 512 g/mol. The fourth-order valence-corrected chi connectivity index (χ4v) is 5.55. The van der Waals surface area contributed by atoms with Crippen LogP contribution in [0.3, 0.4) is 0 Å². The van der Waals surface area contributed by atoms with Crippen LogP contribution in [-0.4, -0.2) is 42.8 Å². The van der Waals surface area contributed by atoms with Crippen LogP contribution >= 0.6 is 0 Å². The summed E-state index contributed by atoms with van der Waals surface area (Å²) >= 11 is 0. The molecule has 2 heterocycles. The van der Waals surface area contributed by atoms with Gasteiger partial charge >= 0.3 is 6.18 Å². The second-order valence-corrected chi connectivity index (χ2v) is 9.82. The molecule has 0 aliphatic carbocycles. The average Bonchev–Trinajstić information content (AvgIpc) is 3.27. The lowest BCUT2D eigenvalue weighted by molar-refractivity contribution is -0.137. The normalized spacial score (nSPS) is 23.9. The van der Waals surface area contributed by atoms with E-state index in [9.17, 15) is 13.2 Å². The maximum atomic E-state index is 13.6. The van der Waals surface area contributed by atoms with E-state index in [1.165, 1.54) is 12.1 Å². The van der Waals surface area contributed by atoms with E-state index in [4.69, 9.17) is 15.0 Å². The van der Waals surface area contributed by atoms with Gasteiger partial charge in [0.15, 0.2) is 0 Å². The summed E-state index contributed by atoms with van der Waals surface area (Å²) < 4.78 is 53.3. The van der Waals surface area contributed by atoms with Crippen molar-refractivity contribution in [1.29, 1.82) is 0 Å². The number of nitrogens with zero attached hydrogens (tertiary/aromatic N) is 4. The summed E-state index contributed by atoms with van der Waals surface area (Å²) in [5.41, 5.74) is 8.86. The highest BCUT2D eigenvalue weighted by atomic mass is 19.4. The molecule has 9 heteroatoms. The van der Waals surface area contributed by atoms with E-state index in [1.54, 1.807) is 0 Å². The SMILES string of the molecule is CC(C)Oc1ccc(C(F)(F)F)cc1[C@H]1CO[C@]2(CCCN(CC#CCN=[N+]=[N-])[C@H]2c2ccccc2)C1. The smallest absolute Gasteiger partial charge is 0.416 e. The van der Waals surface area contributed by atoms with Gasteiger partial charge in [0.1, 0.15) is 5.75 Å². The van der Waals surface area contributed by atoms with Crippen LogP contribution in [0.5, 0.6) is 5.75 Å². The summed E-state index contributed by atoms with van der Waals surface area (Å²) in [6.45, 7) is 5.44. The number of rotatable bonds is 6. The van der Waals surface area contributed by atoms with Crippen molar-refractivity contribution in [3.05, 3.63) is 75.7 Å². The number of benzene rings is 2. The number of hydrogen-bond donors (Lipinski definition) is 0. The second-order valence-electron chi connectivity index (χ2n) is 9.82. The van der Waals surface area contributed by atoms with E-state index in [0.29, 0.717) is 30.9 Å². The first-order valence-electron chi connectivity index (χ1n) is 12.5. The second kappa shape index (κ2) is 11.5. The summed E-state index contributed by atoms with van der Waals surface area (Å²) in [4.78, 5) is 5.00. The largest absolute Gasteiger partial charge is 0.491 e. The van der Waals surface area contributed by atoms with Gasteiger partial charge < -0.3 is 9.47 Å². The number of ether oxygens (including phenoxy) is 2. The lowest BCUT2D eigenvalue weighted by atomic mass is 9.75. The first-order valence-corrected chi connectivity index (χ1v) is 12.5. The van der Waals surface area contributed by atoms with Crippen LogP contribution < -0.4 is 4.74 Å². The summed E-state index contributed by atoms with van der Waals surface area (Å²) in [5.74, 6) is 6.23. The minimum atomic E-state index is -4.44. The Hall–Kier alpha value is -3.18. The maximum Gasteiger partial charge on any atom is 0.416 e. The molecule has 0 bridgehead atoms. The van der Waals surface area contributed by atoms with E-state index < -0.39 is 17.3 Å². The van der Waals surface area contributed by atoms with Crippen LogP contribution in [0.15, 0.2) is 53.6 Å². The van der Waals surface area contributed by atoms with Crippen LogP contribution in [0.1, 0.15) is 61.8 Å². The lowest BCUT2D eigenvalue weighted by Gasteiger charge is -2.47. The molecule has 2 saturated heterocycles. The van der Waals surface area contributed by atoms with Gasteiger partial charge in [0, 0.05) is 16.4 Å². The van der Waals surface area contributed by atoms with Gasteiger partial charge in [0.2, 0.25) is 0 Å². The van der Waals surface area contributed by atoms with Crippen molar-refractivity contribution >= 4 is 0 Å².